The van der Waals surface area contributed by atoms with Crippen molar-refractivity contribution >= 4 is 23.2 Å². The van der Waals surface area contributed by atoms with Crippen molar-refractivity contribution in [3.05, 3.63) is 23.0 Å². The average molecular weight is 240 g/mol. The second-order valence-electron chi connectivity index (χ2n) is 3.99. The third kappa shape index (κ3) is 2.51. The molecule has 1 saturated heterocycles. The van der Waals surface area contributed by atoms with Crippen LogP contribution in [0.15, 0.2) is 12.3 Å². The van der Waals surface area contributed by atoms with Gasteiger partial charge in [0.15, 0.2) is 5.15 Å². The molecule has 0 aliphatic carbocycles. The van der Waals surface area contributed by atoms with Crippen LogP contribution in [0.3, 0.4) is 0 Å². The Bertz CT molecular complexity index is 402. The SMILES string of the molecule is Cc1cnc(Cl)c(NC(=O)[C@@H]2CCCN2)c1. The average Bonchev–Trinajstić information content (AvgIpc) is 2.76. The van der Waals surface area contributed by atoms with Gasteiger partial charge in [-0.25, -0.2) is 4.98 Å². The van der Waals surface area contributed by atoms with Crippen molar-refractivity contribution in [2.24, 2.45) is 0 Å². The third-order valence-corrected chi connectivity index (χ3v) is 2.91. The van der Waals surface area contributed by atoms with Crippen molar-refractivity contribution in [2.45, 2.75) is 25.8 Å². The Kier molecular flexibility index (Phi) is 3.41. The lowest BCUT2D eigenvalue weighted by Gasteiger charge is -2.12. The molecule has 5 heteroatoms. The number of aryl methyl sites for hydroxylation is 1. The molecule has 0 unspecified atom stereocenters. The second-order valence-corrected chi connectivity index (χ2v) is 4.35. The van der Waals surface area contributed by atoms with Crippen LogP contribution in [-0.2, 0) is 4.79 Å². The van der Waals surface area contributed by atoms with Crippen LogP contribution in [0.4, 0.5) is 5.69 Å². The molecule has 1 aromatic heterocycles. The molecule has 2 N–H and O–H groups in total. The maximum Gasteiger partial charge on any atom is 0.241 e. The van der Waals surface area contributed by atoms with Gasteiger partial charge < -0.3 is 10.6 Å². The molecule has 86 valence electrons. The molecule has 1 aromatic rings. The Hall–Kier alpha value is -1.13. The van der Waals surface area contributed by atoms with Gasteiger partial charge in [0.05, 0.1) is 11.7 Å². The van der Waals surface area contributed by atoms with E-state index in [0.717, 1.165) is 24.9 Å². The van der Waals surface area contributed by atoms with Gasteiger partial charge in [0.2, 0.25) is 5.91 Å². The quantitative estimate of drug-likeness (QED) is 0.773. The maximum absolute atomic E-state index is 11.8. The van der Waals surface area contributed by atoms with E-state index in [1.165, 1.54) is 0 Å². The molecule has 0 radical (unpaired) electrons. The van der Waals surface area contributed by atoms with Gasteiger partial charge in [0.25, 0.3) is 0 Å². The summed E-state index contributed by atoms with van der Waals surface area (Å²) in [5.41, 5.74) is 1.56. The number of carbonyl (C=O) groups excluding carboxylic acids is 1. The first kappa shape index (κ1) is 11.4. The van der Waals surface area contributed by atoms with E-state index in [4.69, 9.17) is 11.6 Å². The molecule has 0 bridgehead atoms. The molecule has 2 rings (SSSR count). The zero-order valence-corrected chi connectivity index (χ0v) is 9.84. The highest BCUT2D eigenvalue weighted by Crippen LogP contribution is 2.20. The molecular formula is C11H14ClN3O. The minimum Gasteiger partial charge on any atom is -0.322 e. The zero-order chi connectivity index (χ0) is 11.5. The number of aromatic nitrogens is 1. The van der Waals surface area contributed by atoms with Crippen molar-refractivity contribution in [1.82, 2.24) is 10.3 Å². The van der Waals surface area contributed by atoms with Crippen LogP contribution in [0.1, 0.15) is 18.4 Å². The Morgan fingerprint density at radius 3 is 3.19 bits per heavy atom. The molecule has 0 spiro atoms. The number of hydrogen-bond acceptors (Lipinski definition) is 3. The molecule has 0 aromatic carbocycles. The van der Waals surface area contributed by atoms with E-state index in [2.05, 4.69) is 15.6 Å². The number of pyridine rings is 1. The van der Waals surface area contributed by atoms with Crippen molar-refractivity contribution < 1.29 is 4.79 Å². The summed E-state index contributed by atoms with van der Waals surface area (Å²) in [7, 11) is 0. The second kappa shape index (κ2) is 4.80. The number of nitrogens with zero attached hydrogens (tertiary/aromatic N) is 1. The van der Waals surface area contributed by atoms with Crippen molar-refractivity contribution in [3.8, 4) is 0 Å². The lowest BCUT2D eigenvalue weighted by atomic mass is 10.2. The van der Waals surface area contributed by atoms with E-state index in [9.17, 15) is 4.79 Å². The highest BCUT2D eigenvalue weighted by atomic mass is 35.5. The molecule has 2 heterocycles. The van der Waals surface area contributed by atoms with Crippen LogP contribution in [0.25, 0.3) is 0 Å². The van der Waals surface area contributed by atoms with E-state index >= 15 is 0 Å². The Balaban J connectivity index is 2.07. The van der Waals surface area contributed by atoms with E-state index in [-0.39, 0.29) is 11.9 Å². The molecular weight excluding hydrogens is 226 g/mol. The van der Waals surface area contributed by atoms with Gasteiger partial charge in [-0.3, -0.25) is 4.79 Å². The molecule has 1 atom stereocenters. The van der Waals surface area contributed by atoms with Gasteiger partial charge in [-0.05, 0) is 37.9 Å². The van der Waals surface area contributed by atoms with Crippen LogP contribution >= 0.6 is 11.6 Å². The number of carbonyl (C=O) groups is 1. The number of rotatable bonds is 2. The van der Waals surface area contributed by atoms with E-state index < -0.39 is 0 Å². The fraction of sp³-hybridized carbons (Fsp3) is 0.455. The fourth-order valence-electron chi connectivity index (χ4n) is 1.77. The molecule has 16 heavy (non-hydrogen) atoms. The van der Waals surface area contributed by atoms with Gasteiger partial charge in [-0.1, -0.05) is 11.6 Å². The largest absolute Gasteiger partial charge is 0.322 e. The molecule has 4 nitrogen and oxygen atoms in total. The minimum absolute atomic E-state index is 0.0354. The maximum atomic E-state index is 11.8. The Labute approximate surface area is 99.4 Å². The van der Waals surface area contributed by atoms with Crippen molar-refractivity contribution in [2.75, 3.05) is 11.9 Å². The minimum atomic E-state index is -0.100. The number of anilines is 1. The van der Waals surface area contributed by atoms with Gasteiger partial charge in [-0.15, -0.1) is 0 Å². The monoisotopic (exact) mass is 239 g/mol. The van der Waals surface area contributed by atoms with Crippen LogP contribution in [0, 0.1) is 6.92 Å². The summed E-state index contributed by atoms with van der Waals surface area (Å²) in [5.74, 6) is -0.0354. The first-order valence-corrected chi connectivity index (χ1v) is 5.71. The van der Waals surface area contributed by atoms with E-state index in [0.29, 0.717) is 10.8 Å². The predicted octanol–water partition coefficient (Wildman–Crippen LogP) is 1.73. The standard InChI is InChI=1S/C11H14ClN3O/c1-7-5-9(10(12)14-6-7)15-11(16)8-3-2-4-13-8/h5-6,8,13H,2-4H2,1H3,(H,15,16)/t8-/m0/s1. The molecule has 1 aliphatic rings. The third-order valence-electron chi connectivity index (χ3n) is 2.61. The number of amides is 1. The highest BCUT2D eigenvalue weighted by Gasteiger charge is 2.22. The van der Waals surface area contributed by atoms with Gasteiger partial charge >= 0.3 is 0 Å². The van der Waals surface area contributed by atoms with Crippen molar-refractivity contribution in [3.63, 3.8) is 0 Å². The number of hydrogen-bond donors (Lipinski definition) is 2. The van der Waals surface area contributed by atoms with Crippen LogP contribution in [-0.4, -0.2) is 23.5 Å². The zero-order valence-electron chi connectivity index (χ0n) is 9.09. The topological polar surface area (TPSA) is 54.0 Å². The molecule has 0 saturated carbocycles. The van der Waals surface area contributed by atoms with Gasteiger partial charge in [0, 0.05) is 6.20 Å². The molecule has 1 aliphatic heterocycles. The number of nitrogens with one attached hydrogen (secondary N) is 2. The summed E-state index contributed by atoms with van der Waals surface area (Å²) >= 11 is 5.90. The smallest absolute Gasteiger partial charge is 0.241 e. The first-order valence-electron chi connectivity index (χ1n) is 5.33. The lowest BCUT2D eigenvalue weighted by molar-refractivity contribution is -0.117. The Morgan fingerprint density at radius 1 is 1.69 bits per heavy atom. The van der Waals surface area contributed by atoms with E-state index in [1.54, 1.807) is 6.20 Å². The molecule has 1 amide bonds. The summed E-state index contributed by atoms with van der Waals surface area (Å²) in [6.07, 6.45) is 3.59. The van der Waals surface area contributed by atoms with Crippen LogP contribution < -0.4 is 10.6 Å². The first-order chi connectivity index (χ1) is 7.66. The number of halogens is 1. The highest BCUT2D eigenvalue weighted by molar-refractivity contribution is 6.32. The summed E-state index contributed by atoms with van der Waals surface area (Å²) in [6.45, 7) is 2.81. The fourth-order valence-corrected chi connectivity index (χ4v) is 1.92. The van der Waals surface area contributed by atoms with Crippen LogP contribution in [0.5, 0.6) is 0 Å². The van der Waals surface area contributed by atoms with Gasteiger partial charge in [-0.2, -0.15) is 0 Å². The summed E-state index contributed by atoms with van der Waals surface area (Å²) in [4.78, 5) is 15.8. The van der Waals surface area contributed by atoms with Gasteiger partial charge in [0.1, 0.15) is 0 Å². The molecule has 1 fully saturated rings. The summed E-state index contributed by atoms with van der Waals surface area (Å²) in [5, 5.41) is 6.26. The lowest BCUT2D eigenvalue weighted by Crippen LogP contribution is -2.35. The normalized spacial score (nSPS) is 19.8. The summed E-state index contributed by atoms with van der Waals surface area (Å²) in [6, 6.07) is 1.72. The van der Waals surface area contributed by atoms with E-state index in [1.807, 2.05) is 13.0 Å². The van der Waals surface area contributed by atoms with Crippen LogP contribution in [0.2, 0.25) is 5.15 Å². The Morgan fingerprint density at radius 2 is 2.50 bits per heavy atom. The van der Waals surface area contributed by atoms with Crippen molar-refractivity contribution in [1.29, 1.82) is 0 Å². The summed E-state index contributed by atoms with van der Waals surface area (Å²) < 4.78 is 0. The predicted molar refractivity (Wildman–Crippen MR) is 63.6 cm³/mol.